The Bertz CT molecular complexity index is 788. The first kappa shape index (κ1) is 17.7. The summed E-state index contributed by atoms with van der Waals surface area (Å²) in [6, 6.07) is 7.91. The van der Waals surface area contributed by atoms with Gasteiger partial charge in [-0.05, 0) is 78.1 Å². The Hall–Kier alpha value is 0.400. The summed E-state index contributed by atoms with van der Waals surface area (Å²) >= 11 is 19.1. The van der Waals surface area contributed by atoms with E-state index in [1.807, 2.05) is 0 Å². The normalized spacial score (nSPS) is 11.5. The van der Waals surface area contributed by atoms with Gasteiger partial charge in [-0.25, -0.2) is 8.42 Å². The number of nitrogens with one attached hydrogen (secondary N) is 1. The van der Waals surface area contributed by atoms with E-state index < -0.39 is 10.0 Å². The van der Waals surface area contributed by atoms with Crippen molar-refractivity contribution in [3.05, 3.63) is 53.2 Å². The van der Waals surface area contributed by atoms with E-state index >= 15 is 0 Å². The van der Waals surface area contributed by atoms with Gasteiger partial charge in [0, 0.05) is 17.9 Å². The fourth-order valence-corrected chi connectivity index (χ4v) is 5.97. The van der Waals surface area contributed by atoms with Crippen molar-refractivity contribution < 1.29 is 8.42 Å². The molecule has 21 heavy (non-hydrogen) atoms. The second kappa shape index (κ2) is 6.88. The molecule has 0 spiro atoms. The molecule has 3 nitrogen and oxygen atoms in total. The fourth-order valence-electron chi connectivity index (χ4n) is 1.48. The molecule has 2 aromatic rings. The molecule has 0 aliphatic rings. The maximum absolute atomic E-state index is 12.4. The number of anilines is 1. The number of hydrogen-bond donors (Lipinski definition) is 1. The van der Waals surface area contributed by atoms with E-state index in [9.17, 15) is 8.42 Å². The van der Waals surface area contributed by atoms with Crippen molar-refractivity contribution in [3.63, 3.8) is 0 Å². The van der Waals surface area contributed by atoms with E-state index in [0.29, 0.717) is 24.1 Å². The average Bonchev–Trinajstić information content (AvgIpc) is 2.37. The predicted molar refractivity (Wildman–Crippen MR) is 99.5 cm³/mol. The molecule has 0 atom stereocenters. The predicted octanol–water partition coefficient (Wildman–Crippen LogP) is 6.19. The molecule has 1 N–H and O–H groups in total. The fraction of sp³-hybridized carbons (Fsp3) is 0. The largest absolute Gasteiger partial charge is 0.277 e. The van der Waals surface area contributed by atoms with Crippen molar-refractivity contribution >= 4 is 91.0 Å². The van der Waals surface area contributed by atoms with Crippen molar-refractivity contribution in [1.82, 2.24) is 0 Å². The maximum atomic E-state index is 12.4. The smallest absolute Gasteiger partial charge is 0.262 e. The molecule has 0 aliphatic carbocycles. The third-order valence-electron chi connectivity index (χ3n) is 2.44. The SMILES string of the molecule is O=S(=O)(Nc1c(Br)cc(Br)cc1Br)c1ccc(Cl)c(Br)c1. The zero-order valence-corrected chi connectivity index (χ0v) is 17.9. The highest BCUT2D eigenvalue weighted by Crippen LogP contribution is 2.36. The van der Waals surface area contributed by atoms with Crippen LogP contribution in [0.3, 0.4) is 0 Å². The Morgan fingerprint density at radius 1 is 0.905 bits per heavy atom. The molecule has 2 rings (SSSR count). The zero-order chi connectivity index (χ0) is 15.8. The van der Waals surface area contributed by atoms with Gasteiger partial charge in [0.1, 0.15) is 0 Å². The lowest BCUT2D eigenvalue weighted by atomic mass is 10.3. The van der Waals surface area contributed by atoms with Gasteiger partial charge in [0.15, 0.2) is 0 Å². The van der Waals surface area contributed by atoms with E-state index in [2.05, 4.69) is 68.4 Å². The second-order valence-corrected chi connectivity index (χ2v) is 9.49. The van der Waals surface area contributed by atoms with Gasteiger partial charge < -0.3 is 0 Å². The molecule has 0 bridgehead atoms. The number of rotatable bonds is 3. The molecule has 9 heteroatoms. The third kappa shape index (κ3) is 4.23. The first-order valence-electron chi connectivity index (χ1n) is 5.33. The van der Waals surface area contributed by atoms with Gasteiger partial charge in [-0.1, -0.05) is 27.5 Å². The van der Waals surface area contributed by atoms with Crippen molar-refractivity contribution in [1.29, 1.82) is 0 Å². The minimum atomic E-state index is -3.72. The molecule has 2 aromatic carbocycles. The van der Waals surface area contributed by atoms with Crippen LogP contribution in [0.15, 0.2) is 53.1 Å². The zero-order valence-electron chi connectivity index (χ0n) is 10.0. The van der Waals surface area contributed by atoms with Gasteiger partial charge in [0.05, 0.1) is 15.6 Å². The highest BCUT2D eigenvalue weighted by Gasteiger charge is 2.19. The molecule has 0 aromatic heterocycles. The topological polar surface area (TPSA) is 46.2 Å². The van der Waals surface area contributed by atoms with Crippen LogP contribution in [0.2, 0.25) is 5.02 Å². The number of halogens is 5. The molecule has 0 amide bonds. The lowest BCUT2D eigenvalue weighted by Crippen LogP contribution is -2.13. The molecule has 0 saturated heterocycles. The third-order valence-corrected chi connectivity index (χ3v) is 6.71. The number of hydrogen-bond acceptors (Lipinski definition) is 2. The van der Waals surface area contributed by atoms with Gasteiger partial charge in [-0.2, -0.15) is 0 Å². The molecule has 0 aliphatic heterocycles. The molecular weight excluding hydrogens is 577 g/mol. The Labute approximate surface area is 161 Å². The van der Waals surface area contributed by atoms with Crippen LogP contribution in [0, 0.1) is 0 Å². The summed E-state index contributed by atoms with van der Waals surface area (Å²) in [4.78, 5) is 0.112. The summed E-state index contributed by atoms with van der Waals surface area (Å²) in [6.07, 6.45) is 0. The van der Waals surface area contributed by atoms with Crippen LogP contribution >= 0.6 is 75.3 Å². The molecule has 0 heterocycles. The van der Waals surface area contributed by atoms with E-state index in [4.69, 9.17) is 11.6 Å². The van der Waals surface area contributed by atoms with Gasteiger partial charge in [0.25, 0.3) is 10.0 Å². The van der Waals surface area contributed by atoms with Gasteiger partial charge in [-0.3, -0.25) is 4.72 Å². The van der Waals surface area contributed by atoms with Crippen LogP contribution in [-0.2, 0) is 10.0 Å². The van der Waals surface area contributed by atoms with Gasteiger partial charge in [0.2, 0.25) is 0 Å². The lowest BCUT2D eigenvalue weighted by Gasteiger charge is -2.12. The van der Waals surface area contributed by atoms with Gasteiger partial charge >= 0.3 is 0 Å². The number of sulfonamides is 1. The highest BCUT2D eigenvalue weighted by molar-refractivity contribution is 9.11. The van der Waals surface area contributed by atoms with Crippen LogP contribution < -0.4 is 4.72 Å². The van der Waals surface area contributed by atoms with Crippen molar-refractivity contribution in [2.75, 3.05) is 4.72 Å². The van der Waals surface area contributed by atoms with Crippen LogP contribution in [0.4, 0.5) is 5.69 Å². The number of benzene rings is 2. The van der Waals surface area contributed by atoms with Crippen LogP contribution in [0.25, 0.3) is 0 Å². The summed E-state index contributed by atoms with van der Waals surface area (Å²) in [5, 5.41) is 0.444. The van der Waals surface area contributed by atoms with Gasteiger partial charge in [-0.15, -0.1) is 0 Å². The first-order chi connectivity index (χ1) is 9.70. The Morgan fingerprint density at radius 3 is 2.00 bits per heavy atom. The average molecular weight is 583 g/mol. The molecule has 0 radical (unpaired) electrons. The highest BCUT2D eigenvalue weighted by atomic mass is 79.9. The standard InChI is InChI=1S/C12H6Br4ClNO2S/c13-6-3-9(15)12(10(16)4-6)18-21(19,20)7-1-2-11(17)8(14)5-7/h1-5,18H. The van der Waals surface area contributed by atoms with Crippen LogP contribution in [-0.4, -0.2) is 8.42 Å². The summed E-state index contributed by atoms with van der Waals surface area (Å²) in [6.45, 7) is 0. The lowest BCUT2D eigenvalue weighted by molar-refractivity contribution is 0.601. The summed E-state index contributed by atoms with van der Waals surface area (Å²) in [7, 11) is -3.72. The minimum Gasteiger partial charge on any atom is -0.277 e. The Kier molecular flexibility index (Phi) is 5.82. The van der Waals surface area contributed by atoms with E-state index in [1.54, 1.807) is 12.1 Å². The quantitative estimate of drug-likeness (QED) is 0.469. The van der Waals surface area contributed by atoms with Crippen molar-refractivity contribution in [2.24, 2.45) is 0 Å². The molecule has 0 unspecified atom stereocenters. The molecule has 0 fully saturated rings. The summed E-state index contributed by atoms with van der Waals surface area (Å²) in [5.74, 6) is 0. The van der Waals surface area contributed by atoms with Crippen molar-refractivity contribution in [3.8, 4) is 0 Å². The Morgan fingerprint density at radius 2 is 1.48 bits per heavy atom. The summed E-state index contributed by atoms with van der Waals surface area (Å²) < 4.78 is 29.9. The second-order valence-electron chi connectivity index (χ2n) is 3.93. The monoisotopic (exact) mass is 579 g/mol. The van der Waals surface area contributed by atoms with E-state index in [-0.39, 0.29) is 4.90 Å². The first-order valence-corrected chi connectivity index (χ1v) is 10.4. The van der Waals surface area contributed by atoms with Crippen molar-refractivity contribution in [2.45, 2.75) is 4.90 Å². The minimum absolute atomic E-state index is 0.112. The van der Waals surface area contributed by atoms with E-state index in [1.165, 1.54) is 18.2 Å². The molecular formula is C12H6Br4ClNO2S. The van der Waals surface area contributed by atoms with Crippen LogP contribution in [0.5, 0.6) is 0 Å². The van der Waals surface area contributed by atoms with Crippen LogP contribution in [0.1, 0.15) is 0 Å². The van der Waals surface area contributed by atoms with E-state index in [0.717, 1.165) is 4.47 Å². The summed E-state index contributed by atoms with van der Waals surface area (Å²) in [5.41, 5.74) is 0.421. The molecule has 112 valence electrons. The maximum Gasteiger partial charge on any atom is 0.262 e. The Balaban J connectivity index is 2.44. The molecule has 0 saturated carbocycles.